The second-order valence-corrected chi connectivity index (χ2v) is 9.95. The Balaban J connectivity index is 1.89. The van der Waals surface area contributed by atoms with Crippen molar-refractivity contribution in [1.82, 2.24) is 13.7 Å². The number of rotatable bonds is 2. The van der Waals surface area contributed by atoms with E-state index in [0.717, 1.165) is 15.8 Å². The quantitative estimate of drug-likeness (QED) is 0.494. The van der Waals surface area contributed by atoms with Gasteiger partial charge in [-0.3, -0.25) is 13.9 Å². The first-order valence-electron chi connectivity index (χ1n) is 11.4. The van der Waals surface area contributed by atoms with Crippen molar-refractivity contribution in [3.8, 4) is 17.0 Å². The Morgan fingerprint density at radius 3 is 2.29 bits per heavy atom. The zero-order valence-corrected chi connectivity index (χ0v) is 20.1. The molecule has 176 valence electrons. The summed E-state index contributed by atoms with van der Waals surface area (Å²) < 4.78 is 10.9. The lowest BCUT2D eigenvalue weighted by Gasteiger charge is -2.28. The average Bonchev–Trinajstić information content (AvgIpc) is 3.17. The molecule has 4 aromatic rings. The van der Waals surface area contributed by atoms with Gasteiger partial charge in [0, 0.05) is 26.2 Å². The molecule has 2 aromatic carbocycles. The number of phenolic OH excluding ortho intramolecular Hbond substituents is 1. The molecule has 0 saturated carbocycles. The Morgan fingerprint density at radius 1 is 0.971 bits per heavy atom. The van der Waals surface area contributed by atoms with Crippen LogP contribution in [0.2, 0.25) is 0 Å². The van der Waals surface area contributed by atoms with Crippen LogP contribution in [-0.2, 0) is 30.8 Å². The van der Waals surface area contributed by atoms with Gasteiger partial charge in [0.15, 0.2) is 0 Å². The van der Waals surface area contributed by atoms with Crippen molar-refractivity contribution in [2.45, 2.75) is 38.8 Å². The van der Waals surface area contributed by atoms with E-state index in [0.29, 0.717) is 35.3 Å². The summed E-state index contributed by atoms with van der Waals surface area (Å²) in [4.78, 5) is 26.4. The van der Waals surface area contributed by atoms with Gasteiger partial charge in [-0.05, 0) is 22.6 Å². The second-order valence-electron chi connectivity index (χ2n) is 9.95. The minimum Gasteiger partial charge on any atom is -0.508 e. The van der Waals surface area contributed by atoms with Crippen LogP contribution in [0.1, 0.15) is 43.7 Å². The Hall–Kier alpha value is -3.58. The predicted octanol–water partition coefficient (Wildman–Crippen LogP) is 3.83. The normalized spacial score (nSPS) is 16.1. The van der Waals surface area contributed by atoms with Crippen molar-refractivity contribution >= 4 is 10.9 Å². The molecule has 0 spiro atoms. The lowest BCUT2D eigenvalue weighted by atomic mass is 9.86. The molecule has 0 aliphatic carbocycles. The fraction of sp³-hybridized carbons (Fsp3) is 0.333. The molecule has 0 amide bonds. The molecule has 1 aliphatic rings. The van der Waals surface area contributed by atoms with Gasteiger partial charge < -0.3 is 14.4 Å². The van der Waals surface area contributed by atoms with E-state index >= 15 is 0 Å². The van der Waals surface area contributed by atoms with Crippen LogP contribution >= 0.6 is 0 Å². The third-order valence-corrected chi connectivity index (χ3v) is 6.80. The van der Waals surface area contributed by atoms with Gasteiger partial charge in [-0.2, -0.15) is 0 Å². The first-order chi connectivity index (χ1) is 16.1. The van der Waals surface area contributed by atoms with Crippen molar-refractivity contribution in [2.75, 3.05) is 6.61 Å². The largest absolute Gasteiger partial charge is 0.508 e. The van der Waals surface area contributed by atoms with Crippen LogP contribution in [0.15, 0.2) is 58.1 Å². The monoisotopic (exact) mass is 459 g/mol. The van der Waals surface area contributed by atoms with Crippen molar-refractivity contribution in [2.24, 2.45) is 14.1 Å². The maximum atomic E-state index is 13.5. The standard InChI is InChI=1S/C27H29N3O4/c1-27(2,3)17-12-10-16(11-13-17)21-20-22(28(4)26(33)29(5)25(20)32)23-24(34-15-14-30(21)23)18-8-6-7-9-19(18)31/h6-13,24,31H,14-15H2,1-5H3/t24-/m0/s1. The number of aromatic nitrogens is 3. The van der Waals surface area contributed by atoms with Crippen LogP contribution in [0.25, 0.3) is 22.2 Å². The maximum absolute atomic E-state index is 13.5. The number of aromatic hydroxyl groups is 1. The number of para-hydroxylation sites is 1. The molecular weight excluding hydrogens is 430 g/mol. The fourth-order valence-corrected chi connectivity index (χ4v) is 4.95. The topological polar surface area (TPSA) is 78.4 Å². The van der Waals surface area contributed by atoms with Crippen molar-refractivity contribution < 1.29 is 9.84 Å². The summed E-state index contributed by atoms with van der Waals surface area (Å²) in [7, 11) is 3.18. The van der Waals surface area contributed by atoms with E-state index in [2.05, 4.69) is 37.5 Å². The molecule has 0 bridgehead atoms. The molecule has 0 fully saturated rings. The number of ether oxygens (including phenoxy) is 1. The number of benzene rings is 2. The van der Waals surface area contributed by atoms with Gasteiger partial charge in [0.1, 0.15) is 11.9 Å². The highest BCUT2D eigenvalue weighted by atomic mass is 16.5. The molecule has 2 aromatic heterocycles. The van der Waals surface area contributed by atoms with E-state index in [1.807, 2.05) is 24.3 Å². The SMILES string of the molecule is Cn1c(=O)c2c(-c3ccc(C(C)(C)C)cc3)n3c(c2n(C)c1=O)[C@H](c1ccccc1O)OCC3. The number of hydrogen-bond acceptors (Lipinski definition) is 4. The van der Waals surface area contributed by atoms with Crippen LogP contribution in [0.5, 0.6) is 5.75 Å². The number of nitrogens with zero attached hydrogens (tertiary/aromatic N) is 3. The molecule has 7 heteroatoms. The van der Waals surface area contributed by atoms with Gasteiger partial charge >= 0.3 is 5.69 Å². The first-order valence-corrected chi connectivity index (χ1v) is 11.4. The molecule has 5 rings (SSSR count). The molecule has 3 heterocycles. The molecule has 0 unspecified atom stereocenters. The van der Waals surface area contributed by atoms with E-state index in [4.69, 9.17) is 4.74 Å². The minimum absolute atomic E-state index is 0.00297. The summed E-state index contributed by atoms with van der Waals surface area (Å²) in [5.41, 5.74) is 3.97. The molecule has 7 nitrogen and oxygen atoms in total. The summed E-state index contributed by atoms with van der Waals surface area (Å²) in [5, 5.41) is 11.1. The third kappa shape index (κ3) is 3.22. The lowest BCUT2D eigenvalue weighted by molar-refractivity contribution is 0.0464. The van der Waals surface area contributed by atoms with Gasteiger partial charge in [-0.1, -0.05) is 63.2 Å². The van der Waals surface area contributed by atoms with E-state index in [-0.39, 0.29) is 16.7 Å². The number of phenols is 1. The molecule has 0 radical (unpaired) electrons. The van der Waals surface area contributed by atoms with Gasteiger partial charge in [0.2, 0.25) is 0 Å². The Kier molecular flexibility index (Phi) is 5.06. The van der Waals surface area contributed by atoms with Crippen LogP contribution < -0.4 is 11.2 Å². The van der Waals surface area contributed by atoms with E-state index in [1.54, 1.807) is 19.2 Å². The highest BCUT2D eigenvalue weighted by Crippen LogP contribution is 2.42. The van der Waals surface area contributed by atoms with Crippen molar-refractivity contribution in [1.29, 1.82) is 0 Å². The van der Waals surface area contributed by atoms with Crippen LogP contribution in [0.3, 0.4) is 0 Å². The lowest BCUT2D eigenvalue weighted by Crippen LogP contribution is -2.37. The van der Waals surface area contributed by atoms with Gasteiger partial charge in [-0.25, -0.2) is 4.79 Å². The van der Waals surface area contributed by atoms with Gasteiger partial charge in [0.05, 0.1) is 28.9 Å². The van der Waals surface area contributed by atoms with Gasteiger partial charge in [-0.15, -0.1) is 0 Å². The van der Waals surface area contributed by atoms with Crippen LogP contribution in [0.4, 0.5) is 0 Å². The van der Waals surface area contributed by atoms with Crippen LogP contribution in [0, 0.1) is 0 Å². The highest BCUT2D eigenvalue weighted by molar-refractivity contribution is 5.96. The summed E-state index contributed by atoms with van der Waals surface area (Å²) in [6.45, 7) is 7.43. The molecule has 34 heavy (non-hydrogen) atoms. The third-order valence-electron chi connectivity index (χ3n) is 6.80. The Bertz CT molecular complexity index is 1530. The molecule has 0 saturated heterocycles. The Labute approximate surface area is 197 Å². The zero-order valence-electron chi connectivity index (χ0n) is 20.1. The van der Waals surface area contributed by atoms with E-state index < -0.39 is 11.8 Å². The first kappa shape index (κ1) is 22.2. The zero-order chi connectivity index (χ0) is 24.4. The van der Waals surface area contributed by atoms with Crippen LogP contribution in [-0.4, -0.2) is 25.4 Å². The maximum Gasteiger partial charge on any atom is 0.331 e. The molecule has 1 N–H and O–H groups in total. The second kappa shape index (κ2) is 7.74. The summed E-state index contributed by atoms with van der Waals surface area (Å²) in [6.07, 6.45) is -0.613. The average molecular weight is 460 g/mol. The van der Waals surface area contributed by atoms with E-state index in [9.17, 15) is 14.7 Å². The summed E-state index contributed by atoms with van der Waals surface area (Å²) >= 11 is 0. The van der Waals surface area contributed by atoms with E-state index in [1.165, 1.54) is 17.2 Å². The van der Waals surface area contributed by atoms with Crippen molar-refractivity contribution in [3.63, 3.8) is 0 Å². The smallest absolute Gasteiger partial charge is 0.331 e. The summed E-state index contributed by atoms with van der Waals surface area (Å²) in [5.74, 6) is 0.111. The molecule has 1 aliphatic heterocycles. The number of hydrogen-bond donors (Lipinski definition) is 1. The van der Waals surface area contributed by atoms with Crippen molar-refractivity contribution in [3.05, 3.63) is 86.2 Å². The van der Waals surface area contributed by atoms with Gasteiger partial charge in [0.25, 0.3) is 5.56 Å². The fourth-order valence-electron chi connectivity index (χ4n) is 4.95. The molecular formula is C27H29N3O4. The summed E-state index contributed by atoms with van der Waals surface area (Å²) in [6, 6.07) is 15.3. The number of fused-ring (bicyclic) bond motifs is 3. The molecule has 1 atom stereocenters. The number of aryl methyl sites for hydroxylation is 1. The Morgan fingerprint density at radius 2 is 1.65 bits per heavy atom. The minimum atomic E-state index is -0.613. The predicted molar refractivity (Wildman–Crippen MR) is 132 cm³/mol. The highest BCUT2D eigenvalue weighted by Gasteiger charge is 2.34.